The summed E-state index contributed by atoms with van der Waals surface area (Å²) in [6.07, 6.45) is 1.03. The number of amides is 2. The van der Waals surface area contributed by atoms with Crippen molar-refractivity contribution in [3.8, 4) is 6.07 Å². The second-order valence-electron chi connectivity index (χ2n) is 5.49. The summed E-state index contributed by atoms with van der Waals surface area (Å²) in [5.41, 5.74) is -0.166. The monoisotopic (exact) mass is 290 g/mol. The number of carbonyl (C=O) groups excluding carboxylic acids is 1. The summed E-state index contributed by atoms with van der Waals surface area (Å²) in [4.78, 5) is 15.2. The molecule has 0 aliphatic carbocycles. The lowest BCUT2D eigenvalue weighted by atomic mass is 9.88. The van der Waals surface area contributed by atoms with E-state index in [1.165, 1.54) is 17.0 Å². The maximum Gasteiger partial charge on any atom is 0.319 e. The molecule has 1 saturated heterocycles. The number of benzene rings is 1. The number of anilines is 1. The van der Waals surface area contributed by atoms with E-state index in [0.29, 0.717) is 31.6 Å². The van der Waals surface area contributed by atoms with Crippen molar-refractivity contribution in [1.82, 2.24) is 9.80 Å². The molecular weight excluding hydrogens is 271 g/mol. The quantitative estimate of drug-likeness (QED) is 0.909. The van der Waals surface area contributed by atoms with Gasteiger partial charge in [-0.2, -0.15) is 5.26 Å². The number of rotatable bonds is 2. The van der Waals surface area contributed by atoms with E-state index in [9.17, 15) is 14.4 Å². The van der Waals surface area contributed by atoms with Crippen LogP contribution in [-0.2, 0) is 0 Å². The molecule has 1 fully saturated rings. The van der Waals surface area contributed by atoms with Crippen LogP contribution in [0, 0.1) is 17.1 Å². The van der Waals surface area contributed by atoms with E-state index in [1.807, 2.05) is 0 Å². The van der Waals surface area contributed by atoms with Crippen LogP contribution in [0.1, 0.15) is 12.8 Å². The van der Waals surface area contributed by atoms with Crippen LogP contribution in [-0.4, -0.2) is 48.6 Å². The molecular formula is C15H19FN4O. The van der Waals surface area contributed by atoms with Crippen molar-refractivity contribution in [2.24, 2.45) is 0 Å². The lowest BCUT2D eigenvalue weighted by molar-refractivity contribution is 0.152. The molecule has 1 aromatic rings. The number of piperidine rings is 1. The van der Waals surface area contributed by atoms with Gasteiger partial charge in [0, 0.05) is 45.7 Å². The Morgan fingerprint density at radius 3 is 2.62 bits per heavy atom. The first-order chi connectivity index (χ1) is 9.96. The lowest BCUT2D eigenvalue weighted by Crippen LogP contribution is -2.52. The Morgan fingerprint density at radius 1 is 1.43 bits per heavy atom. The van der Waals surface area contributed by atoms with E-state index in [-0.39, 0.29) is 11.8 Å². The smallest absolute Gasteiger partial charge is 0.319 e. The molecule has 0 atom stereocenters. The van der Waals surface area contributed by atoms with Crippen molar-refractivity contribution in [2.45, 2.75) is 18.4 Å². The van der Waals surface area contributed by atoms with Gasteiger partial charge in [-0.15, -0.1) is 0 Å². The number of halogens is 1. The van der Waals surface area contributed by atoms with Crippen LogP contribution in [0.25, 0.3) is 0 Å². The molecule has 1 heterocycles. The predicted octanol–water partition coefficient (Wildman–Crippen LogP) is 2.28. The standard InChI is InChI=1S/C15H19FN4O/c1-19(2)14(21)20-8-6-15(11-17,7-9-20)18-13-5-3-4-12(16)10-13/h3-5,10,18H,6-9H2,1-2H3. The van der Waals surface area contributed by atoms with Gasteiger partial charge >= 0.3 is 6.03 Å². The fourth-order valence-electron chi connectivity index (χ4n) is 2.47. The van der Waals surface area contributed by atoms with Gasteiger partial charge in [-0.3, -0.25) is 0 Å². The number of nitriles is 1. The maximum absolute atomic E-state index is 13.2. The van der Waals surface area contributed by atoms with E-state index in [2.05, 4.69) is 11.4 Å². The van der Waals surface area contributed by atoms with Gasteiger partial charge in [0.2, 0.25) is 0 Å². The first-order valence-electron chi connectivity index (χ1n) is 6.87. The van der Waals surface area contributed by atoms with Crippen LogP contribution in [0.5, 0.6) is 0 Å². The molecule has 0 radical (unpaired) electrons. The third kappa shape index (κ3) is 3.43. The summed E-state index contributed by atoms with van der Waals surface area (Å²) in [6.45, 7) is 1.01. The fraction of sp³-hybridized carbons (Fsp3) is 0.467. The topological polar surface area (TPSA) is 59.4 Å². The van der Waals surface area contributed by atoms with E-state index in [1.54, 1.807) is 31.1 Å². The Balaban J connectivity index is 2.05. The number of carbonyl (C=O) groups is 1. The van der Waals surface area contributed by atoms with Crippen molar-refractivity contribution in [2.75, 3.05) is 32.5 Å². The lowest BCUT2D eigenvalue weighted by Gasteiger charge is -2.39. The van der Waals surface area contributed by atoms with Crippen molar-refractivity contribution < 1.29 is 9.18 Å². The average molecular weight is 290 g/mol. The Kier molecular flexibility index (Phi) is 4.32. The normalized spacial score (nSPS) is 17.0. The summed E-state index contributed by atoms with van der Waals surface area (Å²) in [7, 11) is 3.42. The SMILES string of the molecule is CN(C)C(=O)N1CCC(C#N)(Nc2cccc(F)c2)CC1. The first kappa shape index (κ1) is 15.1. The van der Waals surface area contributed by atoms with Crippen LogP contribution in [0.2, 0.25) is 0 Å². The Morgan fingerprint density at radius 2 is 2.10 bits per heavy atom. The molecule has 2 rings (SSSR count). The van der Waals surface area contributed by atoms with Crippen LogP contribution < -0.4 is 5.32 Å². The van der Waals surface area contributed by atoms with Gasteiger partial charge in [-0.1, -0.05) is 6.07 Å². The van der Waals surface area contributed by atoms with Gasteiger partial charge in [0.05, 0.1) is 6.07 Å². The predicted molar refractivity (Wildman–Crippen MR) is 78.3 cm³/mol. The molecule has 1 aliphatic rings. The number of hydrogen-bond acceptors (Lipinski definition) is 3. The molecule has 1 aliphatic heterocycles. The van der Waals surface area contributed by atoms with Crippen molar-refractivity contribution in [1.29, 1.82) is 5.26 Å². The highest BCUT2D eigenvalue weighted by Gasteiger charge is 2.36. The van der Waals surface area contributed by atoms with E-state index >= 15 is 0 Å². The summed E-state index contributed by atoms with van der Waals surface area (Å²) in [6, 6.07) is 8.32. The van der Waals surface area contributed by atoms with Gasteiger partial charge < -0.3 is 15.1 Å². The minimum atomic E-state index is -0.753. The molecule has 2 amide bonds. The largest absolute Gasteiger partial charge is 0.367 e. The van der Waals surface area contributed by atoms with Gasteiger partial charge in [0.25, 0.3) is 0 Å². The molecule has 0 bridgehead atoms. The molecule has 1 N–H and O–H groups in total. The second kappa shape index (κ2) is 6.00. The summed E-state index contributed by atoms with van der Waals surface area (Å²) in [5, 5.41) is 12.6. The van der Waals surface area contributed by atoms with Gasteiger partial charge in [-0.25, -0.2) is 9.18 Å². The van der Waals surface area contributed by atoms with Crippen LogP contribution in [0.15, 0.2) is 24.3 Å². The zero-order chi connectivity index (χ0) is 15.5. The molecule has 21 heavy (non-hydrogen) atoms. The number of nitrogens with one attached hydrogen (secondary N) is 1. The van der Waals surface area contributed by atoms with Gasteiger partial charge in [0.1, 0.15) is 11.4 Å². The van der Waals surface area contributed by atoms with Crippen molar-refractivity contribution in [3.63, 3.8) is 0 Å². The molecule has 5 nitrogen and oxygen atoms in total. The molecule has 0 unspecified atom stereocenters. The highest BCUT2D eigenvalue weighted by atomic mass is 19.1. The number of urea groups is 1. The Bertz CT molecular complexity index is 559. The zero-order valence-electron chi connectivity index (χ0n) is 12.3. The number of hydrogen-bond donors (Lipinski definition) is 1. The molecule has 0 saturated carbocycles. The minimum absolute atomic E-state index is 0.0488. The number of likely N-dealkylation sites (tertiary alicyclic amines) is 1. The Hall–Kier alpha value is -2.29. The van der Waals surface area contributed by atoms with Crippen LogP contribution >= 0.6 is 0 Å². The summed E-state index contributed by atoms with van der Waals surface area (Å²) in [5.74, 6) is -0.340. The maximum atomic E-state index is 13.2. The minimum Gasteiger partial charge on any atom is -0.367 e. The summed E-state index contributed by atoms with van der Waals surface area (Å²) >= 11 is 0. The van der Waals surface area contributed by atoms with Crippen LogP contribution in [0.3, 0.4) is 0 Å². The second-order valence-corrected chi connectivity index (χ2v) is 5.49. The molecule has 1 aromatic carbocycles. The third-order valence-electron chi connectivity index (χ3n) is 3.69. The Labute approximate surface area is 123 Å². The van der Waals surface area contributed by atoms with Crippen molar-refractivity contribution in [3.05, 3.63) is 30.1 Å². The highest BCUT2D eigenvalue weighted by molar-refractivity contribution is 5.74. The molecule has 0 aromatic heterocycles. The van der Waals surface area contributed by atoms with Gasteiger partial charge in [-0.05, 0) is 18.2 Å². The third-order valence-corrected chi connectivity index (χ3v) is 3.69. The fourth-order valence-corrected chi connectivity index (χ4v) is 2.47. The highest BCUT2D eigenvalue weighted by Crippen LogP contribution is 2.27. The first-order valence-corrected chi connectivity index (χ1v) is 6.87. The average Bonchev–Trinajstić information content (AvgIpc) is 2.47. The van der Waals surface area contributed by atoms with Crippen LogP contribution in [0.4, 0.5) is 14.9 Å². The van der Waals surface area contributed by atoms with Gasteiger partial charge in [0.15, 0.2) is 0 Å². The van der Waals surface area contributed by atoms with E-state index in [0.717, 1.165) is 0 Å². The number of nitrogens with zero attached hydrogens (tertiary/aromatic N) is 3. The molecule has 112 valence electrons. The molecule has 0 spiro atoms. The summed E-state index contributed by atoms with van der Waals surface area (Å²) < 4.78 is 13.2. The zero-order valence-corrected chi connectivity index (χ0v) is 12.3. The van der Waals surface area contributed by atoms with Crippen molar-refractivity contribution >= 4 is 11.7 Å². The van der Waals surface area contributed by atoms with E-state index < -0.39 is 5.54 Å². The van der Waals surface area contributed by atoms with E-state index in [4.69, 9.17) is 0 Å². The molecule has 6 heteroatoms.